The fourth-order valence-corrected chi connectivity index (χ4v) is 4.01. The summed E-state index contributed by atoms with van der Waals surface area (Å²) < 4.78 is 0. The molecule has 0 spiro atoms. The van der Waals surface area contributed by atoms with Gasteiger partial charge in [0.15, 0.2) is 0 Å². The number of thiophene rings is 1. The molecule has 1 aliphatic heterocycles. The van der Waals surface area contributed by atoms with Gasteiger partial charge >= 0.3 is 0 Å². The van der Waals surface area contributed by atoms with Crippen LogP contribution in [0.15, 0.2) is 41.8 Å². The average molecular weight is 377 g/mol. The van der Waals surface area contributed by atoms with E-state index in [1.54, 1.807) is 4.90 Å². The molecule has 2 amide bonds. The maximum absolute atomic E-state index is 12.6. The second-order valence-electron chi connectivity index (χ2n) is 6.35. The van der Waals surface area contributed by atoms with Gasteiger partial charge in [-0.25, -0.2) is 0 Å². The highest BCUT2D eigenvalue weighted by Crippen LogP contribution is 2.22. The van der Waals surface area contributed by atoms with Crippen LogP contribution in [-0.4, -0.2) is 29.8 Å². The molecule has 2 aromatic rings. The Kier molecular flexibility index (Phi) is 5.76. The molecule has 4 nitrogen and oxygen atoms in total. The number of carbonyl (C=O) groups excluding carboxylic acids is 2. The monoisotopic (exact) mass is 376 g/mol. The fraction of sp³-hybridized carbons (Fsp3) is 0.368. The van der Waals surface area contributed by atoms with Crippen LogP contribution >= 0.6 is 22.9 Å². The summed E-state index contributed by atoms with van der Waals surface area (Å²) in [7, 11) is 0. The van der Waals surface area contributed by atoms with E-state index in [9.17, 15) is 9.59 Å². The van der Waals surface area contributed by atoms with E-state index in [4.69, 9.17) is 11.6 Å². The van der Waals surface area contributed by atoms with Crippen LogP contribution in [-0.2, 0) is 4.79 Å². The summed E-state index contributed by atoms with van der Waals surface area (Å²) in [5, 5.41) is 5.61. The molecule has 0 unspecified atom stereocenters. The zero-order valence-corrected chi connectivity index (χ0v) is 15.6. The number of rotatable bonds is 4. The van der Waals surface area contributed by atoms with Gasteiger partial charge in [0.25, 0.3) is 5.91 Å². The van der Waals surface area contributed by atoms with Gasteiger partial charge in [-0.15, -0.1) is 11.3 Å². The van der Waals surface area contributed by atoms with Gasteiger partial charge in [-0.1, -0.05) is 29.8 Å². The van der Waals surface area contributed by atoms with E-state index in [1.807, 2.05) is 48.7 Å². The molecule has 0 radical (unpaired) electrons. The van der Waals surface area contributed by atoms with E-state index in [1.165, 1.54) is 11.3 Å². The van der Waals surface area contributed by atoms with Crippen molar-refractivity contribution in [2.75, 3.05) is 13.1 Å². The lowest BCUT2D eigenvalue weighted by atomic mass is 9.96. The van der Waals surface area contributed by atoms with Gasteiger partial charge in [0.1, 0.15) is 0 Å². The maximum Gasteiger partial charge on any atom is 0.263 e. The van der Waals surface area contributed by atoms with Crippen molar-refractivity contribution in [3.63, 3.8) is 0 Å². The highest BCUT2D eigenvalue weighted by atomic mass is 35.5. The molecule has 0 aliphatic carbocycles. The number of hydrogen-bond acceptors (Lipinski definition) is 3. The lowest BCUT2D eigenvalue weighted by Crippen LogP contribution is -2.45. The summed E-state index contributed by atoms with van der Waals surface area (Å²) in [5.41, 5.74) is 0.975. The molecule has 6 heteroatoms. The average Bonchev–Trinajstić information content (AvgIpc) is 3.15. The van der Waals surface area contributed by atoms with Crippen LogP contribution in [0.1, 0.15) is 41.0 Å². The van der Waals surface area contributed by atoms with Crippen molar-refractivity contribution in [3.8, 4) is 0 Å². The third-order valence-corrected chi connectivity index (χ3v) is 5.61. The molecule has 1 N–H and O–H groups in total. The van der Waals surface area contributed by atoms with Crippen LogP contribution in [0.2, 0.25) is 5.02 Å². The van der Waals surface area contributed by atoms with Crippen molar-refractivity contribution >= 4 is 34.8 Å². The van der Waals surface area contributed by atoms with Gasteiger partial charge in [-0.2, -0.15) is 0 Å². The van der Waals surface area contributed by atoms with Crippen LogP contribution < -0.4 is 5.32 Å². The van der Waals surface area contributed by atoms with Crippen molar-refractivity contribution in [1.29, 1.82) is 0 Å². The number of halogens is 1. The molecule has 0 saturated carbocycles. The maximum atomic E-state index is 12.6. The SMILES string of the molecule is C[C@H](NC(=O)[C@H]1CCCN(C(=O)c2cccs2)C1)c1cccc(Cl)c1. The molecule has 1 saturated heterocycles. The first kappa shape index (κ1) is 18.0. The molecule has 2 heterocycles. The number of nitrogens with zero attached hydrogens (tertiary/aromatic N) is 1. The van der Waals surface area contributed by atoms with Crippen molar-refractivity contribution in [2.24, 2.45) is 5.92 Å². The molecular weight excluding hydrogens is 356 g/mol. The summed E-state index contributed by atoms with van der Waals surface area (Å²) in [4.78, 5) is 27.7. The number of benzene rings is 1. The van der Waals surface area contributed by atoms with E-state index in [-0.39, 0.29) is 23.8 Å². The number of nitrogens with one attached hydrogen (secondary N) is 1. The van der Waals surface area contributed by atoms with Crippen LogP contribution in [0.3, 0.4) is 0 Å². The lowest BCUT2D eigenvalue weighted by Gasteiger charge is -2.32. The minimum Gasteiger partial charge on any atom is -0.349 e. The number of carbonyl (C=O) groups is 2. The Hall–Kier alpha value is -1.85. The van der Waals surface area contributed by atoms with Gasteiger partial charge in [0.2, 0.25) is 5.91 Å². The normalized spacial score (nSPS) is 18.6. The van der Waals surface area contributed by atoms with E-state index >= 15 is 0 Å². The van der Waals surface area contributed by atoms with Crippen molar-refractivity contribution < 1.29 is 9.59 Å². The van der Waals surface area contributed by atoms with Gasteiger partial charge in [0.05, 0.1) is 16.8 Å². The second kappa shape index (κ2) is 8.02. The Balaban J connectivity index is 1.61. The molecule has 1 fully saturated rings. The molecule has 1 aromatic carbocycles. The number of likely N-dealkylation sites (tertiary alicyclic amines) is 1. The Labute approximate surface area is 156 Å². The predicted octanol–water partition coefficient (Wildman–Crippen LogP) is 4.13. The molecular formula is C19H21ClN2O2S. The van der Waals surface area contributed by atoms with Crippen molar-refractivity contribution in [3.05, 3.63) is 57.2 Å². The quantitative estimate of drug-likeness (QED) is 0.872. The van der Waals surface area contributed by atoms with Crippen LogP contribution in [0, 0.1) is 5.92 Å². The first-order chi connectivity index (χ1) is 12.0. The van der Waals surface area contributed by atoms with Crippen LogP contribution in [0.5, 0.6) is 0 Å². The largest absolute Gasteiger partial charge is 0.349 e. The minimum atomic E-state index is -0.167. The zero-order valence-electron chi connectivity index (χ0n) is 14.1. The topological polar surface area (TPSA) is 49.4 Å². The summed E-state index contributed by atoms with van der Waals surface area (Å²) >= 11 is 7.46. The van der Waals surface area contributed by atoms with E-state index in [2.05, 4.69) is 5.32 Å². The lowest BCUT2D eigenvalue weighted by molar-refractivity contribution is -0.127. The Morgan fingerprint density at radius 2 is 2.16 bits per heavy atom. The number of amides is 2. The molecule has 1 aromatic heterocycles. The molecule has 132 valence electrons. The third-order valence-electron chi connectivity index (χ3n) is 4.52. The summed E-state index contributed by atoms with van der Waals surface area (Å²) in [6, 6.07) is 11.1. The van der Waals surface area contributed by atoms with Crippen molar-refractivity contribution in [2.45, 2.75) is 25.8 Å². The van der Waals surface area contributed by atoms with Gasteiger partial charge in [0, 0.05) is 18.1 Å². The first-order valence-corrected chi connectivity index (χ1v) is 9.69. The van der Waals surface area contributed by atoms with Crippen LogP contribution in [0.4, 0.5) is 0 Å². The molecule has 25 heavy (non-hydrogen) atoms. The third kappa shape index (κ3) is 4.41. The smallest absolute Gasteiger partial charge is 0.263 e. The highest BCUT2D eigenvalue weighted by Gasteiger charge is 2.29. The highest BCUT2D eigenvalue weighted by molar-refractivity contribution is 7.12. The van der Waals surface area contributed by atoms with Gasteiger partial charge in [-0.3, -0.25) is 9.59 Å². The Morgan fingerprint density at radius 1 is 1.32 bits per heavy atom. The first-order valence-electron chi connectivity index (χ1n) is 8.43. The number of piperidine rings is 1. The molecule has 3 rings (SSSR count). The van der Waals surface area contributed by atoms with Gasteiger partial charge in [-0.05, 0) is 48.9 Å². The molecule has 2 atom stereocenters. The Bertz CT molecular complexity index is 748. The van der Waals surface area contributed by atoms with E-state index in [0.717, 1.165) is 23.3 Å². The van der Waals surface area contributed by atoms with Gasteiger partial charge < -0.3 is 10.2 Å². The zero-order chi connectivity index (χ0) is 17.8. The van der Waals surface area contributed by atoms with E-state index in [0.29, 0.717) is 18.1 Å². The fourth-order valence-electron chi connectivity index (χ4n) is 3.12. The standard InChI is InChI=1S/C19H21ClN2O2S/c1-13(14-5-2-7-16(20)11-14)21-18(23)15-6-3-9-22(12-15)19(24)17-8-4-10-25-17/h2,4-5,7-8,10-11,13,15H,3,6,9,12H2,1H3,(H,21,23)/t13-,15-/m0/s1. The second-order valence-corrected chi connectivity index (χ2v) is 7.74. The summed E-state index contributed by atoms with van der Waals surface area (Å²) in [6.07, 6.45) is 1.66. The molecule has 0 bridgehead atoms. The summed E-state index contributed by atoms with van der Waals surface area (Å²) in [5.74, 6) is -0.147. The predicted molar refractivity (Wildman–Crippen MR) is 101 cm³/mol. The van der Waals surface area contributed by atoms with E-state index < -0.39 is 0 Å². The van der Waals surface area contributed by atoms with Crippen LogP contribution in [0.25, 0.3) is 0 Å². The molecule has 1 aliphatic rings. The summed E-state index contributed by atoms with van der Waals surface area (Å²) in [6.45, 7) is 3.14. The van der Waals surface area contributed by atoms with Crippen molar-refractivity contribution in [1.82, 2.24) is 10.2 Å². The number of hydrogen-bond donors (Lipinski definition) is 1. The Morgan fingerprint density at radius 3 is 2.88 bits per heavy atom. The minimum absolute atomic E-state index is 0.00356.